The molecule has 2 nitrogen and oxygen atoms in total. The summed E-state index contributed by atoms with van der Waals surface area (Å²) in [5.41, 5.74) is 0.693. The van der Waals surface area contributed by atoms with Crippen LogP contribution in [0.1, 0.15) is 24.2 Å². The summed E-state index contributed by atoms with van der Waals surface area (Å²) in [4.78, 5) is 13.1. The van der Waals surface area contributed by atoms with Gasteiger partial charge in [0.15, 0.2) is 5.78 Å². The Labute approximate surface area is 122 Å². The van der Waals surface area contributed by atoms with Crippen LogP contribution in [-0.4, -0.2) is 17.6 Å². The lowest BCUT2D eigenvalue weighted by atomic mass is 10.1. The first-order valence-electron chi connectivity index (χ1n) is 6.03. The number of carbonyl (C=O) groups is 1. The van der Waals surface area contributed by atoms with Gasteiger partial charge in [0.05, 0.1) is 11.5 Å². The van der Waals surface area contributed by atoms with E-state index >= 15 is 0 Å². The molecule has 0 saturated heterocycles. The van der Waals surface area contributed by atoms with Crippen LogP contribution in [0.25, 0.3) is 0 Å². The van der Waals surface area contributed by atoms with Gasteiger partial charge in [-0.05, 0) is 50.3 Å². The van der Waals surface area contributed by atoms with Crippen molar-refractivity contribution in [1.29, 1.82) is 0 Å². The number of benzene rings is 1. The minimum Gasteiger partial charge on any atom is -0.491 e. The van der Waals surface area contributed by atoms with E-state index in [0.29, 0.717) is 16.3 Å². The van der Waals surface area contributed by atoms with Crippen LogP contribution in [0.2, 0.25) is 5.02 Å². The molecule has 0 amide bonds. The quantitative estimate of drug-likeness (QED) is 0.767. The minimum atomic E-state index is 0.0677. The van der Waals surface area contributed by atoms with E-state index in [1.54, 1.807) is 24.3 Å². The normalized spacial score (nSPS) is 18.4. The Hall–Kier alpha value is -1.19. The second-order valence-corrected chi connectivity index (χ2v) is 5.85. The van der Waals surface area contributed by atoms with Crippen molar-refractivity contribution < 1.29 is 9.53 Å². The van der Waals surface area contributed by atoms with Crippen LogP contribution in [0.4, 0.5) is 0 Å². The second-order valence-electron chi connectivity index (χ2n) is 4.37. The van der Waals surface area contributed by atoms with Gasteiger partial charge < -0.3 is 4.74 Å². The van der Waals surface area contributed by atoms with Crippen molar-refractivity contribution in [2.24, 2.45) is 0 Å². The fraction of sp³-hybridized carbons (Fsp3) is 0.267. The molecule has 1 atom stereocenters. The Morgan fingerprint density at radius 3 is 2.68 bits per heavy atom. The van der Waals surface area contributed by atoms with E-state index in [1.165, 1.54) is 11.8 Å². The van der Waals surface area contributed by atoms with Gasteiger partial charge in [-0.1, -0.05) is 11.6 Å². The van der Waals surface area contributed by atoms with Crippen molar-refractivity contribution in [1.82, 2.24) is 0 Å². The third kappa shape index (κ3) is 4.15. The zero-order chi connectivity index (χ0) is 13.8. The summed E-state index contributed by atoms with van der Waals surface area (Å²) in [5, 5.41) is 0.642. The molecule has 2 rings (SSSR count). The molecule has 0 fully saturated rings. The van der Waals surface area contributed by atoms with Crippen molar-refractivity contribution >= 4 is 29.1 Å². The topological polar surface area (TPSA) is 26.3 Å². The van der Waals surface area contributed by atoms with Gasteiger partial charge in [0.1, 0.15) is 6.10 Å². The lowest BCUT2D eigenvalue weighted by Crippen LogP contribution is -2.09. The zero-order valence-corrected chi connectivity index (χ0v) is 12.4. The van der Waals surface area contributed by atoms with E-state index in [2.05, 4.69) is 0 Å². The fourth-order valence-corrected chi connectivity index (χ4v) is 2.93. The van der Waals surface area contributed by atoms with E-state index in [1.807, 2.05) is 26.0 Å². The molecule has 1 aromatic carbocycles. The van der Waals surface area contributed by atoms with Gasteiger partial charge in [0.25, 0.3) is 0 Å². The van der Waals surface area contributed by atoms with Crippen LogP contribution in [0, 0.1) is 0 Å². The van der Waals surface area contributed by atoms with E-state index < -0.39 is 0 Å². The minimum absolute atomic E-state index is 0.0677. The molecular formula is C15H15ClO2S. The van der Waals surface area contributed by atoms with E-state index in [4.69, 9.17) is 16.3 Å². The Morgan fingerprint density at radius 1 is 1.37 bits per heavy atom. The monoisotopic (exact) mass is 294 g/mol. The fourth-order valence-electron chi connectivity index (χ4n) is 1.80. The molecule has 1 heterocycles. The van der Waals surface area contributed by atoms with Gasteiger partial charge in [0, 0.05) is 15.5 Å². The van der Waals surface area contributed by atoms with Gasteiger partial charge in [-0.25, -0.2) is 0 Å². The van der Waals surface area contributed by atoms with Crippen LogP contribution in [0.3, 0.4) is 0 Å². The van der Waals surface area contributed by atoms with Crippen LogP contribution < -0.4 is 0 Å². The van der Waals surface area contributed by atoms with Gasteiger partial charge in [-0.3, -0.25) is 4.79 Å². The lowest BCUT2D eigenvalue weighted by Gasteiger charge is -2.18. The van der Waals surface area contributed by atoms with E-state index in [9.17, 15) is 4.79 Å². The molecule has 4 heteroatoms. The Morgan fingerprint density at radius 2 is 2.05 bits per heavy atom. The zero-order valence-electron chi connectivity index (χ0n) is 10.9. The van der Waals surface area contributed by atoms with Crippen molar-refractivity contribution in [2.75, 3.05) is 5.75 Å². The number of ketones is 1. The first-order valence-corrected chi connectivity index (χ1v) is 7.39. The molecule has 1 aromatic rings. The molecule has 100 valence electrons. The standard InChI is InChI=1S/C15H15ClO2S/c1-10-7-14(8-11(2)18-10)19-9-15(17)12-3-5-13(16)6-4-12/h3-8,10H,9H2,1-2H3. The van der Waals surface area contributed by atoms with Gasteiger partial charge in [0.2, 0.25) is 0 Å². The number of hydrogen-bond acceptors (Lipinski definition) is 3. The third-order valence-electron chi connectivity index (χ3n) is 2.65. The highest BCUT2D eigenvalue weighted by molar-refractivity contribution is 8.03. The third-order valence-corrected chi connectivity index (χ3v) is 3.90. The largest absolute Gasteiger partial charge is 0.491 e. The molecule has 0 aromatic heterocycles. The highest BCUT2D eigenvalue weighted by Gasteiger charge is 2.12. The van der Waals surface area contributed by atoms with Crippen molar-refractivity contribution in [3.8, 4) is 0 Å². The smallest absolute Gasteiger partial charge is 0.173 e. The number of ether oxygens (including phenoxy) is 1. The summed E-state index contributed by atoms with van der Waals surface area (Å²) in [6.07, 6.45) is 4.05. The Kier molecular flexibility index (Phi) is 4.72. The molecule has 19 heavy (non-hydrogen) atoms. The summed E-state index contributed by atoms with van der Waals surface area (Å²) in [7, 11) is 0. The number of Topliss-reactive ketones (excluding diaryl/α,β-unsaturated/α-hetero) is 1. The molecule has 1 aliphatic rings. The average molecular weight is 295 g/mol. The molecule has 1 unspecified atom stereocenters. The highest BCUT2D eigenvalue weighted by Crippen LogP contribution is 2.26. The second kappa shape index (κ2) is 6.31. The maximum Gasteiger partial charge on any atom is 0.173 e. The average Bonchev–Trinajstić information content (AvgIpc) is 2.36. The molecule has 0 saturated carbocycles. The van der Waals surface area contributed by atoms with Crippen molar-refractivity contribution in [2.45, 2.75) is 20.0 Å². The number of carbonyl (C=O) groups excluding carboxylic acids is 1. The van der Waals surface area contributed by atoms with Gasteiger partial charge in [-0.15, -0.1) is 11.8 Å². The maximum absolute atomic E-state index is 12.0. The Bertz CT molecular complexity index is 532. The summed E-state index contributed by atoms with van der Waals surface area (Å²) in [6, 6.07) is 6.99. The first-order chi connectivity index (χ1) is 9.04. The summed E-state index contributed by atoms with van der Waals surface area (Å²) >= 11 is 7.33. The number of allylic oxidation sites excluding steroid dienone is 2. The Balaban J connectivity index is 1.95. The highest BCUT2D eigenvalue weighted by atomic mass is 35.5. The number of halogens is 1. The summed E-state index contributed by atoms with van der Waals surface area (Å²) < 4.78 is 5.49. The molecular weight excluding hydrogens is 280 g/mol. The first kappa shape index (κ1) is 14.2. The van der Waals surface area contributed by atoms with Crippen LogP contribution in [0.15, 0.2) is 47.1 Å². The van der Waals surface area contributed by atoms with Crippen LogP contribution in [-0.2, 0) is 4.74 Å². The van der Waals surface area contributed by atoms with Gasteiger partial charge >= 0.3 is 0 Å². The predicted octanol–water partition coefficient (Wildman–Crippen LogP) is 4.46. The van der Waals surface area contributed by atoms with Gasteiger partial charge in [-0.2, -0.15) is 0 Å². The SMILES string of the molecule is CC1=CC(SCC(=O)c2ccc(Cl)cc2)=CC(C)O1. The van der Waals surface area contributed by atoms with Crippen molar-refractivity contribution in [3.63, 3.8) is 0 Å². The molecule has 0 spiro atoms. The van der Waals surface area contributed by atoms with Crippen LogP contribution >= 0.6 is 23.4 Å². The maximum atomic E-state index is 12.0. The lowest BCUT2D eigenvalue weighted by molar-refractivity contribution is 0.102. The van der Waals surface area contributed by atoms with E-state index in [-0.39, 0.29) is 11.9 Å². The summed E-state index contributed by atoms with van der Waals surface area (Å²) in [5.74, 6) is 1.41. The summed E-state index contributed by atoms with van der Waals surface area (Å²) in [6.45, 7) is 3.91. The van der Waals surface area contributed by atoms with E-state index in [0.717, 1.165) is 10.7 Å². The number of rotatable bonds is 4. The molecule has 1 aliphatic heterocycles. The van der Waals surface area contributed by atoms with Crippen molar-refractivity contribution in [3.05, 3.63) is 57.7 Å². The number of hydrogen-bond donors (Lipinski definition) is 0. The number of thioether (sulfide) groups is 1. The molecule has 0 aliphatic carbocycles. The predicted molar refractivity (Wildman–Crippen MR) is 80.6 cm³/mol. The molecule has 0 N–H and O–H groups in total. The van der Waals surface area contributed by atoms with Crippen LogP contribution in [0.5, 0.6) is 0 Å². The molecule has 0 bridgehead atoms. The molecule has 0 radical (unpaired) electrons.